The molecule has 9 nitrogen and oxygen atoms in total. The molecule has 1 amide bonds. The molecule has 34 heavy (non-hydrogen) atoms. The maximum atomic E-state index is 13.1. The number of aryl methyl sites for hydroxylation is 1. The van der Waals surface area contributed by atoms with E-state index in [0.29, 0.717) is 5.56 Å². The van der Waals surface area contributed by atoms with E-state index in [1.165, 1.54) is 44.2 Å². The molecule has 1 N–H and O–H groups in total. The number of nitro benzene ring substituents is 1. The van der Waals surface area contributed by atoms with Crippen molar-refractivity contribution < 1.29 is 28.8 Å². The summed E-state index contributed by atoms with van der Waals surface area (Å²) in [7, 11) is 0. The lowest BCUT2D eigenvalue weighted by Crippen LogP contribution is -2.31. The molecular formula is C25H18N2O7. The number of nitro groups is 1. The average Bonchev–Trinajstić information content (AvgIpc) is 2.82. The molecule has 0 heterocycles. The lowest BCUT2D eigenvalue weighted by molar-refractivity contribution is -0.385. The molecule has 0 saturated heterocycles. The summed E-state index contributed by atoms with van der Waals surface area (Å²) in [5, 5.41) is 13.7. The van der Waals surface area contributed by atoms with Gasteiger partial charge in [0, 0.05) is 28.3 Å². The molecular weight excluding hydrogens is 440 g/mol. The molecule has 1 aliphatic carbocycles. The van der Waals surface area contributed by atoms with Crippen LogP contribution in [0.5, 0.6) is 0 Å². The van der Waals surface area contributed by atoms with Crippen molar-refractivity contribution in [1.82, 2.24) is 0 Å². The highest BCUT2D eigenvalue weighted by molar-refractivity contribution is 6.30. The van der Waals surface area contributed by atoms with Crippen LogP contribution < -0.4 is 5.32 Å². The molecule has 0 radical (unpaired) electrons. The van der Waals surface area contributed by atoms with Crippen molar-refractivity contribution in [2.45, 2.75) is 20.0 Å². The Morgan fingerprint density at radius 1 is 0.941 bits per heavy atom. The molecule has 0 aliphatic heterocycles. The summed E-state index contributed by atoms with van der Waals surface area (Å²) in [6.45, 7) is 2.86. The topological polar surface area (TPSA) is 133 Å². The lowest BCUT2D eigenvalue weighted by Gasteiger charge is -2.21. The van der Waals surface area contributed by atoms with Crippen LogP contribution >= 0.6 is 0 Å². The fraction of sp³-hybridized carbons (Fsp3) is 0.120. The maximum Gasteiger partial charge on any atom is 0.339 e. The van der Waals surface area contributed by atoms with Crippen molar-refractivity contribution in [3.63, 3.8) is 0 Å². The van der Waals surface area contributed by atoms with E-state index in [4.69, 9.17) is 4.74 Å². The number of carbonyl (C=O) groups excluding carboxylic acids is 4. The van der Waals surface area contributed by atoms with Gasteiger partial charge in [-0.3, -0.25) is 24.5 Å². The minimum atomic E-state index is -1.29. The highest BCUT2D eigenvalue weighted by Gasteiger charge is 2.32. The fourth-order valence-electron chi connectivity index (χ4n) is 3.70. The number of fused-ring (bicyclic) bond motifs is 2. The van der Waals surface area contributed by atoms with Gasteiger partial charge < -0.3 is 10.1 Å². The molecule has 170 valence electrons. The molecule has 3 aromatic carbocycles. The largest absolute Gasteiger partial charge is 0.449 e. The summed E-state index contributed by atoms with van der Waals surface area (Å²) in [5.41, 5.74) is 0.925. The third-order valence-electron chi connectivity index (χ3n) is 5.50. The molecule has 0 bridgehead atoms. The molecule has 0 spiro atoms. The highest BCUT2D eigenvalue weighted by atomic mass is 16.6. The first-order chi connectivity index (χ1) is 16.2. The van der Waals surface area contributed by atoms with Gasteiger partial charge >= 0.3 is 5.97 Å². The summed E-state index contributed by atoms with van der Waals surface area (Å²) in [6.07, 6.45) is -1.29. The number of hydrogen-bond acceptors (Lipinski definition) is 7. The second kappa shape index (κ2) is 8.70. The number of anilines is 1. The standard InChI is InChI=1S/C25H18N2O7/c1-13-10-11-15(12-20(13)27(32)33)25(31)34-14(2)24(30)26-19-9-5-8-18-21(19)23(29)17-7-4-3-6-16(17)22(18)28/h3-12,14H,1-2H3,(H,26,30). The molecule has 0 saturated carbocycles. The zero-order valence-corrected chi connectivity index (χ0v) is 18.2. The summed E-state index contributed by atoms with van der Waals surface area (Å²) in [4.78, 5) is 61.6. The van der Waals surface area contributed by atoms with Crippen LogP contribution in [0.1, 0.15) is 54.7 Å². The van der Waals surface area contributed by atoms with Crippen LogP contribution in [0.4, 0.5) is 11.4 Å². The van der Waals surface area contributed by atoms with Gasteiger partial charge in [0.15, 0.2) is 17.7 Å². The predicted molar refractivity (Wildman–Crippen MR) is 121 cm³/mol. The highest BCUT2D eigenvalue weighted by Crippen LogP contribution is 2.32. The van der Waals surface area contributed by atoms with Gasteiger partial charge in [-0.05, 0) is 26.0 Å². The number of ether oxygens (including phenoxy) is 1. The number of hydrogen-bond donors (Lipinski definition) is 1. The van der Waals surface area contributed by atoms with E-state index in [-0.39, 0.29) is 45.0 Å². The third kappa shape index (κ3) is 3.95. The minimum absolute atomic E-state index is 0.0623. The van der Waals surface area contributed by atoms with Crippen LogP contribution in [0.3, 0.4) is 0 Å². The smallest absolute Gasteiger partial charge is 0.339 e. The normalized spacial score (nSPS) is 12.9. The van der Waals surface area contributed by atoms with Gasteiger partial charge in [-0.2, -0.15) is 0 Å². The number of rotatable bonds is 5. The summed E-state index contributed by atoms with van der Waals surface area (Å²) < 4.78 is 5.17. The van der Waals surface area contributed by atoms with Crippen LogP contribution in [-0.4, -0.2) is 34.5 Å². The molecule has 1 aliphatic rings. The van der Waals surface area contributed by atoms with Crippen LogP contribution in [0, 0.1) is 17.0 Å². The Hall–Kier alpha value is -4.66. The SMILES string of the molecule is Cc1ccc(C(=O)OC(C)C(=O)Nc2cccc3c2C(=O)c2ccccc2C3=O)cc1[N+](=O)[O-]. The van der Waals surface area contributed by atoms with Gasteiger partial charge in [0.1, 0.15) is 0 Å². The minimum Gasteiger partial charge on any atom is -0.449 e. The van der Waals surface area contributed by atoms with Gasteiger partial charge in [-0.15, -0.1) is 0 Å². The number of nitrogens with one attached hydrogen (secondary N) is 1. The van der Waals surface area contributed by atoms with E-state index in [2.05, 4.69) is 5.32 Å². The van der Waals surface area contributed by atoms with Crippen LogP contribution in [0.2, 0.25) is 0 Å². The number of nitrogens with zero attached hydrogens (tertiary/aromatic N) is 1. The zero-order valence-electron chi connectivity index (χ0n) is 18.2. The number of esters is 1. The third-order valence-corrected chi connectivity index (χ3v) is 5.50. The Balaban J connectivity index is 1.55. The van der Waals surface area contributed by atoms with E-state index in [1.54, 1.807) is 24.3 Å². The van der Waals surface area contributed by atoms with Gasteiger partial charge in [0.25, 0.3) is 11.6 Å². The first kappa shape index (κ1) is 22.5. The van der Waals surface area contributed by atoms with E-state index in [9.17, 15) is 29.3 Å². The Bertz CT molecular complexity index is 1390. The van der Waals surface area contributed by atoms with Crippen molar-refractivity contribution in [3.05, 3.63) is 104 Å². The molecule has 1 atom stereocenters. The van der Waals surface area contributed by atoms with Crippen molar-refractivity contribution in [2.24, 2.45) is 0 Å². The summed E-state index contributed by atoms with van der Waals surface area (Å²) >= 11 is 0. The first-order valence-electron chi connectivity index (χ1n) is 10.3. The number of benzene rings is 3. The monoisotopic (exact) mass is 458 g/mol. The van der Waals surface area contributed by atoms with Crippen molar-refractivity contribution in [1.29, 1.82) is 0 Å². The fourth-order valence-corrected chi connectivity index (χ4v) is 3.70. The average molecular weight is 458 g/mol. The molecule has 9 heteroatoms. The Morgan fingerprint density at radius 3 is 2.26 bits per heavy atom. The molecule has 1 unspecified atom stereocenters. The van der Waals surface area contributed by atoms with Gasteiger partial charge in [-0.25, -0.2) is 4.79 Å². The van der Waals surface area contributed by atoms with Crippen LogP contribution in [0.15, 0.2) is 60.7 Å². The molecule has 4 rings (SSSR count). The molecule has 0 aromatic heterocycles. The molecule has 3 aromatic rings. The second-order valence-corrected chi connectivity index (χ2v) is 7.73. The first-order valence-corrected chi connectivity index (χ1v) is 10.3. The second-order valence-electron chi connectivity index (χ2n) is 7.73. The van der Waals surface area contributed by atoms with Gasteiger partial charge in [0.2, 0.25) is 0 Å². The van der Waals surface area contributed by atoms with Gasteiger partial charge in [0.05, 0.1) is 21.7 Å². The van der Waals surface area contributed by atoms with E-state index in [0.717, 1.165) is 6.07 Å². The Kier molecular flexibility index (Phi) is 5.77. The summed E-state index contributed by atoms with van der Waals surface area (Å²) in [6, 6.07) is 14.8. The zero-order chi connectivity index (χ0) is 24.6. The number of amides is 1. The maximum absolute atomic E-state index is 13.1. The van der Waals surface area contributed by atoms with Gasteiger partial charge in [-0.1, -0.05) is 42.5 Å². The van der Waals surface area contributed by atoms with Crippen LogP contribution in [0.25, 0.3) is 0 Å². The van der Waals surface area contributed by atoms with Crippen molar-refractivity contribution in [3.8, 4) is 0 Å². The number of ketones is 2. The summed E-state index contributed by atoms with van der Waals surface area (Å²) in [5.74, 6) is -2.39. The quantitative estimate of drug-likeness (QED) is 0.273. The van der Waals surface area contributed by atoms with Crippen LogP contribution in [-0.2, 0) is 9.53 Å². The Morgan fingerprint density at radius 2 is 1.59 bits per heavy atom. The van der Waals surface area contributed by atoms with E-state index in [1.807, 2.05) is 0 Å². The Labute approximate surface area is 193 Å². The van der Waals surface area contributed by atoms with Crippen molar-refractivity contribution in [2.75, 3.05) is 5.32 Å². The predicted octanol–water partition coefficient (Wildman–Crippen LogP) is 3.86. The van der Waals surface area contributed by atoms with E-state index < -0.39 is 28.7 Å². The van der Waals surface area contributed by atoms with Crippen molar-refractivity contribution >= 4 is 34.8 Å². The lowest BCUT2D eigenvalue weighted by atomic mass is 9.83. The van der Waals surface area contributed by atoms with E-state index >= 15 is 0 Å². The number of carbonyl (C=O) groups is 4. The molecule has 0 fully saturated rings.